The van der Waals surface area contributed by atoms with Gasteiger partial charge in [0.05, 0.1) is 6.17 Å². The van der Waals surface area contributed by atoms with Gasteiger partial charge in [0.1, 0.15) is 0 Å². The van der Waals surface area contributed by atoms with E-state index in [1.807, 2.05) is 0 Å². The average Bonchev–Trinajstić information content (AvgIpc) is 2.83. The lowest BCUT2D eigenvalue weighted by Crippen LogP contribution is -2.35. The molecular formula is C18H24N2O. The van der Waals surface area contributed by atoms with Gasteiger partial charge in [-0.3, -0.25) is 9.80 Å². The zero-order valence-corrected chi connectivity index (χ0v) is 12.6. The standard InChI is InChI=1S/C18H22N2.H2O/c1-16-19(14-17-8-4-2-5-9-17)12-13-20(16)15-18-10-6-3-7-11-18;/h2-11,16H,12-15H2,1H3;1H2. The Bertz CT molecular complexity index is 480. The van der Waals surface area contributed by atoms with Gasteiger partial charge in [-0.2, -0.15) is 0 Å². The van der Waals surface area contributed by atoms with Crippen LogP contribution in [0.3, 0.4) is 0 Å². The Hall–Kier alpha value is -1.68. The third kappa shape index (κ3) is 3.91. The van der Waals surface area contributed by atoms with Crippen molar-refractivity contribution in [3.63, 3.8) is 0 Å². The van der Waals surface area contributed by atoms with Crippen molar-refractivity contribution in [3.8, 4) is 0 Å². The van der Waals surface area contributed by atoms with Crippen molar-refractivity contribution in [1.82, 2.24) is 9.80 Å². The Labute approximate surface area is 127 Å². The summed E-state index contributed by atoms with van der Waals surface area (Å²) < 4.78 is 0. The molecule has 2 aromatic carbocycles. The van der Waals surface area contributed by atoms with E-state index in [1.165, 1.54) is 11.1 Å². The van der Waals surface area contributed by atoms with E-state index in [4.69, 9.17) is 0 Å². The van der Waals surface area contributed by atoms with Crippen molar-refractivity contribution in [2.75, 3.05) is 13.1 Å². The Morgan fingerprint density at radius 1 is 0.762 bits per heavy atom. The molecule has 21 heavy (non-hydrogen) atoms. The van der Waals surface area contributed by atoms with E-state index >= 15 is 0 Å². The van der Waals surface area contributed by atoms with Crippen molar-refractivity contribution in [3.05, 3.63) is 71.8 Å². The Morgan fingerprint density at radius 2 is 1.14 bits per heavy atom. The molecule has 0 radical (unpaired) electrons. The number of hydrogen-bond donors (Lipinski definition) is 0. The van der Waals surface area contributed by atoms with Gasteiger partial charge in [0, 0.05) is 26.2 Å². The molecule has 0 spiro atoms. The summed E-state index contributed by atoms with van der Waals surface area (Å²) >= 11 is 0. The number of hydrogen-bond acceptors (Lipinski definition) is 2. The van der Waals surface area contributed by atoms with Crippen LogP contribution < -0.4 is 0 Å². The summed E-state index contributed by atoms with van der Waals surface area (Å²) in [5.41, 5.74) is 2.81. The van der Waals surface area contributed by atoms with Gasteiger partial charge in [-0.1, -0.05) is 60.7 Å². The zero-order chi connectivity index (χ0) is 13.8. The van der Waals surface area contributed by atoms with Gasteiger partial charge >= 0.3 is 0 Å². The summed E-state index contributed by atoms with van der Waals surface area (Å²) in [7, 11) is 0. The Kier molecular flexibility index (Phi) is 5.51. The van der Waals surface area contributed by atoms with Crippen molar-refractivity contribution >= 4 is 0 Å². The van der Waals surface area contributed by atoms with Crippen LogP contribution in [0.4, 0.5) is 0 Å². The highest BCUT2D eigenvalue weighted by Gasteiger charge is 2.27. The molecule has 0 atom stereocenters. The summed E-state index contributed by atoms with van der Waals surface area (Å²) in [5.74, 6) is 0. The third-order valence-electron chi connectivity index (χ3n) is 4.19. The van der Waals surface area contributed by atoms with Gasteiger partial charge in [0.2, 0.25) is 0 Å². The molecule has 0 unspecified atom stereocenters. The molecule has 0 saturated carbocycles. The van der Waals surface area contributed by atoms with Crippen LogP contribution >= 0.6 is 0 Å². The Balaban J connectivity index is 0.00000161. The zero-order valence-electron chi connectivity index (χ0n) is 12.6. The second-order valence-electron chi connectivity index (χ2n) is 5.54. The summed E-state index contributed by atoms with van der Waals surface area (Å²) in [6.07, 6.45) is 0.510. The van der Waals surface area contributed by atoms with E-state index in [0.717, 1.165) is 26.2 Å². The van der Waals surface area contributed by atoms with E-state index in [-0.39, 0.29) is 5.48 Å². The number of rotatable bonds is 4. The molecule has 3 rings (SSSR count). The quantitative estimate of drug-likeness (QED) is 0.865. The number of nitrogens with zero attached hydrogens (tertiary/aromatic N) is 2. The van der Waals surface area contributed by atoms with Crippen LogP contribution in [-0.4, -0.2) is 34.5 Å². The van der Waals surface area contributed by atoms with E-state index in [9.17, 15) is 0 Å². The molecule has 1 heterocycles. The lowest BCUT2D eigenvalue weighted by molar-refractivity contribution is 0.142. The molecule has 0 bridgehead atoms. The van der Waals surface area contributed by atoms with Crippen LogP contribution in [0.1, 0.15) is 18.1 Å². The predicted molar refractivity (Wildman–Crippen MR) is 86.8 cm³/mol. The maximum absolute atomic E-state index is 2.55. The fourth-order valence-electron chi connectivity index (χ4n) is 2.92. The largest absolute Gasteiger partial charge is 0.412 e. The smallest absolute Gasteiger partial charge is 0.0600 e. The van der Waals surface area contributed by atoms with Crippen LogP contribution in [-0.2, 0) is 13.1 Å². The minimum Gasteiger partial charge on any atom is -0.412 e. The highest BCUT2D eigenvalue weighted by atomic mass is 16.0. The lowest BCUT2D eigenvalue weighted by Gasteiger charge is -2.27. The summed E-state index contributed by atoms with van der Waals surface area (Å²) in [4.78, 5) is 5.11. The van der Waals surface area contributed by atoms with Gasteiger partial charge in [0.25, 0.3) is 0 Å². The molecule has 2 N–H and O–H groups in total. The van der Waals surface area contributed by atoms with Gasteiger partial charge in [-0.05, 0) is 18.1 Å². The lowest BCUT2D eigenvalue weighted by atomic mass is 10.2. The van der Waals surface area contributed by atoms with Crippen molar-refractivity contribution < 1.29 is 5.48 Å². The third-order valence-corrected chi connectivity index (χ3v) is 4.19. The molecule has 112 valence electrons. The van der Waals surface area contributed by atoms with Crippen LogP contribution in [0.25, 0.3) is 0 Å². The van der Waals surface area contributed by atoms with E-state index in [2.05, 4.69) is 77.4 Å². The minimum absolute atomic E-state index is 0. The van der Waals surface area contributed by atoms with E-state index in [1.54, 1.807) is 0 Å². The molecule has 2 aromatic rings. The second kappa shape index (κ2) is 7.36. The van der Waals surface area contributed by atoms with Gasteiger partial charge < -0.3 is 5.48 Å². The summed E-state index contributed by atoms with van der Waals surface area (Å²) in [5, 5.41) is 0. The molecule has 1 saturated heterocycles. The molecule has 3 nitrogen and oxygen atoms in total. The van der Waals surface area contributed by atoms with Crippen molar-refractivity contribution in [1.29, 1.82) is 0 Å². The minimum atomic E-state index is 0. The normalized spacial score (nSPS) is 16.8. The van der Waals surface area contributed by atoms with Gasteiger partial charge in [-0.15, -0.1) is 0 Å². The first-order chi connectivity index (χ1) is 9.83. The molecule has 1 aliphatic rings. The SMILES string of the molecule is CC1N(Cc2ccccc2)CCN1Cc1ccccc1.O. The highest BCUT2D eigenvalue weighted by molar-refractivity contribution is 5.16. The molecule has 1 fully saturated rings. The van der Waals surface area contributed by atoms with Gasteiger partial charge in [-0.25, -0.2) is 0 Å². The maximum atomic E-state index is 2.55. The topological polar surface area (TPSA) is 38.0 Å². The molecular weight excluding hydrogens is 260 g/mol. The maximum Gasteiger partial charge on any atom is 0.0600 e. The van der Waals surface area contributed by atoms with Crippen LogP contribution in [0.5, 0.6) is 0 Å². The fourth-order valence-corrected chi connectivity index (χ4v) is 2.92. The van der Waals surface area contributed by atoms with Crippen molar-refractivity contribution in [2.45, 2.75) is 26.2 Å². The average molecular weight is 284 g/mol. The van der Waals surface area contributed by atoms with Gasteiger partial charge in [0.15, 0.2) is 0 Å². The molecule has 0 aromatic heterocycles. The molecule has 0 aliphatic carbocycles. The first-order valence-electron chi connectivity index (χ1n) is 7.39. The molecule has 3 heteroatoms. The Morgan fingerprint density at radius 3 is 1.52 bits per heavy atom. The first kappa shape index (κ1) is 15.7. The molecule has 1 aliphatic heterocycles. The second-order valence-corrected chi connectivity index (χ2v) is 5.54. The number of benzene rings is 2. The summed E-state index contributed by atoms with van der Waals surface area (Å²) in [6.45, 7) is 6.73. The fraction of sp³-hybridized carbons (Fsp3) is 0.333. The van der Waals surface area contributed by atoms with Crippen LogP contribution in [0.2, 0.25) is 0 Å². The summed E-state index contributed by atoms with van der Waals surface area (Å²) in [6, 6.07) is 21.5. The predicted octanol–water partition coefficient (Wildman–Crippen LogP) is 2.53. The highest BCUT2D eigenvalue weighted by Crippen LogP contribution is 2.19. The molecule has 0 amide bonds. The van der Waals surface area contributed by atoms with Crippen molar-refractivity contribution in [2.24, 2.45) is 0 Å². The first-order valence-corrected chi connectivity index (χ1v) is 7.39. The van der Waals surface area contributed by atoms with Crippen LogP contribution in [0, 0.1) is 0 Å². The van der Waals surface area contributed by atoms with Crippen LogP contribution in [0.15, 0.2) is 60.7 Å². The van der Waals surface area contributed by atoms with E-state index < -0.39 is 0 Å². The van der Waals surface area contributed by atoms with E-state index in [0.29, 0.717) is 6.17 Å². The monoisotopic (exact) mass is 284 g/mol.